The molecule has 0 heterocycles. The van der Waals surface area contributed by atoms with E-state index in [1.54, 1.807) is 0 Å². The molecule has 0 aromatic rings. The third-order valence-electron chi connectivity index (χ3n) is 3.03. The number of rotatable bonds is 11. The summed E-state index contributed by atoms with van der Waals surface area (Å²) in [5.41, 5.74) is 0. The first-order valence-electron chi connectivity index (χ1n) is 7.53. The fourth-order valence-electron chi connectivity index (χ4n) is 2.01. The molecule has 3 nitrogen and oxygen atoms in total. The Balaban J connectivity index is 3.34. The first kappa shape index (κ1) is 17.4. The van der Waals surface area contributed by atoms with Crippen molar-refractivity contribution in [3.05, 3.63) is 0 Å². The number of amides is 1. The molecular formula is C15H31NO2. The van der Waals surface area contributed by atoms with Gasteiger partial charge in [0.25, 0.3) is 0 Å². The van der Waals surface area contributed by atoms with E-state index in [2.05, 4.69) is 12.2 Å². The van der Waals surface area contributed by atoms with Gasteiger partial charge in [-0.15, -0.1) is 0 Å². The second-order valence-electron chi connectivity index (χ2n) is 5.47. The largest absolute Gasteiger partial charge is 0.393 e. The molecule has 1 atom stereocenters. The van der Waals surface area contributed by atoms with Crippen molar-refractivity contribution in [1.29, 1.82) is 0 Å². The van der Waals surface area contributed by atoms with E-state index in [9.17, 15) is 9.90 Å². The Kier molecular flexibility index (Phi) is 11.2. The van der Waals surface area contributed by atoms with E-state index >= 15 is 0 Å². The molecule has 0 spiro atoms. The van der Waals surface area contributed by atoms with E-state index in [-0.39, 0.29) is 18.1 Å². The summed E-state index contributed by atoms with van der Waals surface area (Å²) in [5, 5.41) is 12.6. The van der Waals surface area contributed by atoms with Crippen LogP contribution >= 0.6 is 0 Å². The summed E-state index contributed by atoms with van der Waals surface area (Å²) in [6.45, 7) is 6.13. The van der Waals surface area contributed by atoms with Crippen molar-refractivity contribution in [2.45, 2.75) is 90.7 Å². The highest BCUT2D eigenvalue weighted by Gasteiger charge is 2.06. The molecule has 0 unspecified atom stereocenters. The summed E-state index contributed by atoms with van der Waals surface area (Å²) in [6, 6.07) is 0.224. The Morgan fingerprint density at radius 3 is 2.22 bits per heavy atom. The minimum absolute atomic E-state index is 0.127. The van der Waals surface area contributed by atoms with Gasteiger partial charge in [0.1, 0.15) is 0 Å². The molecule has 1 amide bonds. The average Bonchev–Trinajstić information content (AvgIpc) is 2.29. The molecule has 0 aromatic carbocycles. The van der Waals surface area contributed by atoms with Crippen LogP contribution in [0.5, 0.6) is 0 Å². The van der Waals surface area contributed by atoms with Gasteiger partial charge in [-0.25, -0.2) is 0 Å². The highest BCUT2D eigenvalue weighted by atomic mass is 16.3. The van der Waals surface area contributed by atoms with Gasteiger partial charge < -0.3 is 10.4 Å². The van der Waals surface area contributed by atoms with Gasteiger partial charge in [0, 0.05) is 12.5 Å². The lowest BCUT2D eigenvalue weighted by molar-refractivity contribution is -0.121. The number of carbonyl (C=O) groups excluding carboxylic acids is 1. The van der Waals surface area contributed by atoms with Crippen LogP contribution in [0.25, 0.3) is 0 Å². The van der Waals surface area contributed by atoms with Crippen molar-refractivity contribution >= 4 is 5.91 Å². The highest BCUT2D eigenvalue weighted by Crippen LogP contribution is 2.11. The molecule has 3 heteroatoms. The first-order valence-corrected chi connectivity index (χ1v) is 7.53. The Morgan fingerprint density at radius 1 is 1.06 bits per heavy atom. The lowest BCUT2D eigenvalue weighted by Crippen LogP contribution is -2.29. The summed E-state index contributed by atoms with van der Waals surface area (Å²) in [7, 11) is 0. The van der Waals surface area contributed by atoms with Crippen LogP contribution in [0.2, 0.25) is 0 Å². The predicted octanol–water partition coefficient (Wildman–Crippen LogP) is 3.40. The van der Waals surface area contributed by atoms with E-state index in [0.717, 1.165) is 32.1 Å². The van der Waals surface area contributed by atoms with Gasteiger partial charge in [0.2, 0.25) is 5.91 Å². The molecule has 0 aliphatic rings. The lowest BCUT2D eigenvalue weighted by Gasteiger charge is -2.11. The Morgan fingerprint density at radius 2 is 1.67 bits per heavy atom. The van der Waals surface area contributed by atoms with E-state index in [1.807, 2.05) is 13.8 Å². The molecule has 0 aliphatic carbocycles. The zero-order valence-corrected chi connectivity index (χ0v) is 12.4. The summed E-state index contributed by atoms with van der Waals surface area (Å²) >= 11 is 0. The number of aliphatic hydroxyl groups excluding tert-OH is 1. The topological polar surface area (TPSA) is 49.3 Å². The molecule has 0 saturated heterocycles. The molecule has 18 heavy (non-hydrogen) atoms. The van der Waals surface area contributed by atoms with Gasteiger partial charge in [0.05, 0.1) is 6.10 Å². The Hall–Kier alpha value is -0.570. The maximum atomic E-state index is 11.4. The molecule has 0 aliphatic heterocycles. The third-order valence-corrected chi connectivity index (χ3v) is 3.03. The average molecular weight is 257 g/mol. The van der Waals surface area contributed by atoms with Crippen LogP contribution in [-0.2, 0) is 4.79 Å². The SMILES string of the molecule is CCCCCC[C@@H](O)CCCCC(=O)NC(C)C. The van der Waals surface area contributed by atoms with Gasteiger partial charge in [-0.05, 0) is 33.1 Å². The molecule has 108 valence electrons. The van der Waals surface area contributed by atoms with Gasteiger partial charge in [-0.1, -0.05) is 39.0 Å². The summed E-state index contributed by atoms with van der Waals surface area (Å²) in [5.74, 6) is 0.127. The quantitative estimate of drug-likeness (QED) is 0.557. The van der Waals surface area contributed by atoms with Crippen LogP contribution in [0.1, 0.15) is 78.6 Å². The number of aliphatic hydroxyl groups is 1. The van der Waals surface area contributed by atoms with E-state index in [4.69, 9.17) is 0 Å². The standard InChI is InChI=1S/C15H31NO2/c1-4-5-6-7-10-14(17)11-8-9-12-15(18)16-13(2)3/h13-14,17H,4-12H2,1-3H3,(H,16,18)/t14-/m1/s1. The molecule has 0 radical (unpaired) electrons. The zero-order valence-electron chi connectivity index (χ0n) is 12.4. The fraction of sp³-hybridized carbons (Fsp3) is 0.933. The predicted molar refractivity (Wildman–Crippen MR) is 76.5 cm³/mol. The second-order valence-corrected chi connectivity index (χ2v) is 5.47. The maximum Gasteiger partial charge on any atom is 0.220 e. The normalized spacial score (nSPS) is 12.7. The minimum Gasteiger partial charge on any atom is -0.393 e. The molecule has 0 fully saturated rings. The van der Waals surface area contributed by atoms with E-state index < -0.39 is 0 Å². The molecule has 0 aromatic heterocycles. The number of hydrogen-bond acceptors (Lipinski definition) is 2. The number of hydrogen-bond donors (Lipinski definition) is 2. The first-order chi connectivity index (χ1) is 8.56. The highest BCUT2D eigenvalue weighted by molar-refractivity contribution is 5.76. The van der Waals surface area contributed by atoms with Crippen molar-refractivity contribution in [2.24, 2.45) is 0 Å². The van der Waals surface area contributed by atoms with Crippen LogP contribution in [0, 0.1) is 0 Å². The smallest absolute Gasteiger partial charge is 0.220 e. The van der Waals surface area contributed by atoms with Gasteiger partial charge in [-0.2, -0.15) is 0 Å². The summed E-state index contributed by atoms with van der Waals surface area (Å²) in [4.78, 5) is 11.4. The molecule has 0 saturated carbocycles. The zero-order chi connectivity index (χ0) is 13.8. The van der Waals surface area contributed by atoms with Crippen LogP contribution < -0.4 is 5.32 Å². The summed E-state index contributed by atoms with van der Waals surface area (Å²) in [6.07, 6.45) is 8.84. The van der Waals surface area contributed by atoms with Gasteiger partial charge in [0.15, 0.2) is 0 Å². The number of unbranched alkanes of at least 4 members (excludes halogenated alkanes) is 4. The maximum absolute atomic E-state index is 11.4. The van der Waals surface area contributed by atoms with Crippen molar-refractivity contribution in [3.63, 3.8) is 0 Å². The van der Waals surface area contributed by atoms with E-state index in [0.29, 0.717) is 6.42 Å². The number of carbonyl (C=O) groups is 1. The van der Waals surface area contributed by atoms with Crippen LogP contribution in [0.15, 0.2) is 0 Å². The minimum atomic E-state index is -0.171. The molecular weight excluding hydrogens is 226 g/mol. The van der Waals surface area contributed by atoms with Crippen molar-refractivity contribution in [3.8, 4) is 0 Å². The molecule has 0 rings (SSSR count). The van der Waals surface area contributed by atoms with E-state index in [1.165, 1.54) is 19.3 Å². The Bertz CT molecular complexity index is 205. The summed E-state index contributed by atoms with van der Waals surface area (Å²) < 4.78 is 0. The third kappa shape index (κ3) is 11.9. The van der Waals surface area contributed by atoms with Crippen LogP contribution in [0.4, 0.5) is 0 Å². The number of nitrogens with one attached hydrogen (secondary N) is 1. The fourth-order valence-corrected chi connectivity index (χ4v) is 2.01. The molecule has 0 bridgehead atoms. The van der Waals surface area contributed by atoms with Gasteiger partial charge >= 0.3 is 0 Å². The van der Waals surface area contributed by atoms with Crippen LogP contribution in [-0.4, -0.2) is 23.2 Å². The monoisotopic (exact) mass is 257 g/mol. The second kappa shape index (κ2) is 11.5. The van der Waals surface area contributed by atoms with Gasteiger partial charge in [-0.3, -0.25) is 4.79 Å². The lowest BCUT2D eigenvalue weighted by atomic mass is 10.0. The molecule has 2 N–H and O–H groups in total. The van der Waals surface area contributed by atoms with Crippen molar-refractivity contribution < 1.29 is 9.90 Å². The van der Waals surface area contributed by atoms with Crippen molar-refractivity contribution in [1.82, 2.24) is 5.32 Å². The van der Waals surface area contributed by atoms with Crippen LogP contribution in [0.3, 0.4) is 0 Å². The Labute approximate surface area is 112 Å². The van der Waals surface area contributed by atoms with Crippen molar-refractivity contribution in [2.75, 3.05) is 0 Å².